The molecule has 0 N–H and O–H groups in total. The van der Waals surface area contributed by atoms with Gasteiger partial charge in [-0.1, -0.05) is 6.92 Å². The second-order valence-corrected chi connectivity index (χ2v) is 6.17. The van der Waals surface area contributed by atoms with Crippen LogP contribution in [0.2, 0.25) is 0 Å². The molecule has 0 amide bonds. The summed E-state index contributed by atoms with van der Waals surface area (Å²) in [6.45, 7) is 6.15. The molecule has 5 nitrogen and oxygen atoms in total. The van der Waals surface area contributed by atoms with E-state index in [2.05, 4.69) is 4.98 Å². The highest BCUT2D eigenvalue weighted by Gasteiger charge is 2.20. The Kier molecular flexibility index (Phi) is 4.13. The molecule has 0 unspecified atom stereocenters. The van der Waals surface area contributed by atoms with Gasteiger partial charge in [-0.2, -0.15) is 0 Å². The predicted molar refractivity (Wildman–Crippen MR) is 76.5 cm³/mol. The van der Waals surface area contributed by atoms with Crippen LogP contribution in [0.15, 0.2) is 35.5 Å². The lowest BCUT2D eigenvalue weighted by atomic mass is 10.2. The molecule has 2 rings (SSSR count). The van der Waals surface area contributed by atoms with Crippen LogP contribution in [0.3, 0.4) is 0 Å². The number of benzene rings is 1. The molecule has 0 spiro atoms. The second kappa shape index (κ2) is 5.66. The van der Waals surface area contributed by atoms with Gasteiger partial charge in [0.1, 0.15) is 11.6 Å². The molecule has 1 aromatic heterocycles. The minimum absolute atomic E-state index is 0.242. The average molecular weight is 294 g/mol. The fourth-order valence-electron chi connectivity index (χ4n) is 2.00. The third-order valence-corrected chi connectivity index (χ3v) is 4.70. The van der Waals surface area contributed by atoms with Crippen molar-refractivity contribution in [1.82, 2.24) is 8.96 Å². The summed E-state index contributed by atoms with van der Waals surface area (Å²) in [7, 11) is -3.59. The van der Waals surface area contributed by atoms with E-state index < -0.39 is 10.0 Å². The third-order valence-electron chi connectivity index (χ3n) is 3.00. The van der Waals surface area contributed by atoms with E-state index in [0.717, 1.165) is 5.56 Å². The van der Waals surface area contributed by atoms with E-state index in [1.807, 2.05) is 20.8 Å². The summed E-state index contributed by atoms with van der Waals surface area (Å²) in [5.74, 6) is 1.23. The number of nitrogens with zero attached hydrogens (tertiary/aromatic N) is 2. The van der Waals surface area contributed by atoms with Gasteiger partial charge in [-0.3, -0.25) is 0 Å². The van der Waals surface area contributed by atoms with Crippen molar-refractivity contribution in [2.24, 2.45) is 0 Å². The van der Waals surface area contributed by atoms with Gasteiger partial charge >= 0.3 is 0 Å². The number of ether oxygens (including phenoxy) is 1. The number of hydrogen-bond donors (Lipinski definition) is 0. The molecule has 1 heterocycles. The highest BCUT2D eigenvalue weighted by molar-refractivity contribution is 7.90. The molecule has 0 atom stereocenters. The first-order valence-corrected chi connectivity index (χ1v) is 7.96. The van der Waals surface area contributed by atoms with Crippen LogP contribution in [-0.2, 0) is 16.4 Å². The Hall–Kier alpha value is -1.82. The molecule has 0 saturated carbocycles. The topological polar surface area (TPSA) is 61.2 Å². The Morgan fingerprint density at radius 3 is 2.65 bits per heavy atom. The molecule has 0 fully saturated rings. The zero-order valence-electron chi connectivity index (χ0n) is 11.8. The Bertz CT molecular complexity index is 705. The molecular weight excluding hydrogens is 276 g/mol. The van der Waals surface area contributed by atoms with Crippen molar-refractivity contribution in [1.29, 1.82) is 0 Å². The van der Waals surface area contributed by atoms with Crippen molar-refractivity contribution in [3.63, 3.8) is 0 Å². The summed E-state index contributed by atoms with van der Waals surface area (Å²) in [4.78, 5) is 4.30. The third kappa shape index (κ3) is 2.56. The van der Waals surface area contributed by atoms with Gasteiger partial charge in [0.05, 0.1) is 11.5 Å². The summed E-state index contributed by atoms with van der Waals surface area (Å²) < 4.78 is 31.8. The fraction of sp³-hybridized carbons (Fsp3) is 0.357. The maximum atomic E-state index is 12.6. The van der Waals surface area contributed by atoms with Crippen LogP contribution in [0.25, 0.3) is 0 Å². The van der Waals surface area contributed by atoms with Crippen molar-refractivity contribution < 1.29 is 13.2 Å². The summed E-state index contributed by atoms with van der Waals surface area (Å²) in [5.41, 5.74) is 0.797. The van der Waals surface area contributed by atoms with E-state index in [1.165, 1.54) is 16.4 Å². The number of hydrogen-bond acceptors (Lipinski definition) is 4. The number of aryl methyl sites for hydroxylation is 2. The quantitative estimate of drug-likeness (QED) is 0.849. The number of imidazole rings is 1. The zero-order valence-corrected chi connectivity index (χ0v) is 12.6. The first-order chi connectivity index (χ1) is 9.50. The number of rotatable bonds is 5. The van der Waals surface area contributed by atoms with E-state index in [9.17, 15) is 8.42 Å². The normalized spacial score (nSPS) is 11.6. The fourth-order valence-corrected chi connectivity index (χ4v) is 3.46. The van der Waals surface area contributed by atoms with Gasteiger partial charge in [0.15, 0.2) is 0 Å². The minimum Gasteiger partial charge on any atom is -0.494 e. The SMILES string of the molecule is CCOc1ccc(S(=O)(=O)n2ccnc2CC)cc1C. The standard InChI is InChI=1S/C14H18N2O3S/c1-4-14-15-8-9-16(14)20(17,18)12-6-7-13(19-5-2)11(3)10-12/h6-10H,4-5H2,1-3H3. The molecule has 108 valence electrons. The van der Waals surface area contributed by atoms with Crippen molar-refractivity contribution in [2.75, 3.05) is 6.61 Å². The van der Waals surface area contributed by atoms with Gasteiger partial charge in [0, 0.05) is 18.8 Å². The van der Waals surface area contributed by atoms with Crippen LogP contribution in [0.5, 0.6) is 5.75 Å². The predicted octanol–water partition coefficient (Wildman–Crippen LogP) is 2.39. The zero-order chi connectivity index (χ0) is 14.8. The molecule has 2 aromatic rings. The van der Waals surface area contributed by atoms with E-state index in [-0.39, 0.29) is 4.90 Å². The van der Waals surface area contributed by atoms with Crippen LogP contribution in [0.1, 0.15) is 25.2 Å². The second-order valence-electron chi connectivity index (χ2n) is 4.36. The molecule has 0 bridgehead atoms. The molecule has 0 radical (unpaired) electrons. The lowest BCUT2D eigenvalue weighted by Gasteiger charge is -2.11. The molecule has 0 aliphatic rings. The van der Waals surface area contributed by atoms with Crippen LogP contribution in [0.4, 0.5) is 0 Å². The van der Waals surface area contributed by atoms with Crippen molar-refractivity contribution >= 4 is 10.0 Å². The van der Waals surface area contributed by atoms with Gasteiger partial charge in [-0.25, -0.2) is 17.4 Å². The highest BCUT2D eigenvalue weighted by Crippen LogP contribution is 2.23. The van der Waals surface area contributed by atoms with Crippen LogP contribution in [0, 0.1) is 6.92 Å². The maximum Gasteiger partial charge on any atom is 0.269 e. The maximum absolute atomic E-state index is 12.6. The molecule has 0 aliphatic carbocycles. The van der Waals surface area contributed by atoms with Gasteiger partial charge < -0.3 is 4.74 Å². The van der Waals surface area contributed by atoms with Crippen molar-refractivity contribution in [3.05, 3.63) is 42.0 Å². The van der Waals surface area contributed by atoms with Crippen molar-refractivity contribution in [3.8, 4) is 5.75 Å². The van der Waals surface area contributed by atoms with Gasteiger partial charge in [-0.05, 0) is 37.6 Å². The van der Waals surface area contributed by atoms with E-state index in [4.69, 9.17) is 4.74 Å². The molecule has 1 aromatic carbocycles. The van der Waals surface area contributed by atoms with E-state index in [0.29, 0.717) is 24.6 Å². The van der Waals surface area contributed by atoms with Crippen molar-refractivity contribution in [2.45, 2.75) is 32.1 Å². The lowest BCUT2D eigenvalue weighted by molar-refractivity contribution is 0.337. The first kappa shape index (κ1) is 14.6. The monoisotopic (exact) mass is 294 g/mol. The average Bonchev–Trinajstić information content (AvgIpc) is 2.90. The van der Waals surface area contributed by atoms with E-state index in [1.54, 1.807) is 18.2 Å². The molecule has 0 saturated heterocycles. The molecule has 6 heteroatoms. The van der Waals surface area contributed by atoms with Crippen LogP contribution < -0.4 is 4.74 Å². The van der Waals surface area contributed by atoms with Gasteiger partial charge in [0.25, 0.3) is 10.0 Å². The molecule has 20 heavy (non-hydrogen) atoms. The summed E-state index contributed by atoms with van der Waals surface area (Å²) in [6, 6.07) is 4.88. The van der Waals surface area contributed by atoms with E-state index >= 15 is 0 Å². The van der Waals surface area contributed by atoms with Crippen LogP contribution >= 0.6 is 0 Å². The minimum atomic E-state index is -3.59. The smallest absolute Gasteiger partial charge is 0.269 e. The Morgan fingerprint density at radius 2 is 2.05 bits per heavy atom. The Balaban J connectivity index is 2.48. The van der Waals surface area contributed by atoms with Gasteiger partial charge in [-0.15, -0.1) is 0 Å². The summed E-state index contributed by atoms with van der Waals surface area (Å²) >= 11 is 0. The first-order valence-electron chi connectivity index (χ1n) is 6.52. The van der Waals surface area contributed by atoms with Crippen LogP contribution in [-0.4, -0.2) is 24.0 Å². The Morgan fingerprint density at radius 1 is 1.30 bits per heavy atom. The van der Waals surface area contributed by atoms with Gasteiger partial charge in [0.2, 0.25) is 0 Å². The summed E-state index contributed by atoms with van der Waals surface area (Å²) in [6.07, 6.45) is 3.53. The largest absolute Gasteiger partial charge is 0.494 e. The Labute approximate surface area is 119 Å². The lowest BCUT2D eigenvalue weighted by Crippen LogP contribution is -2.15. The number of aromatic nitrogens is 2. The summed E-state index contributed by atoms with van der Waals surface area (Å²) in [5, 5.41) is 0. The molecule has 0 aliphatic heterocycles. The highest BCUT2D eigenvalue weighted by atomic mass is 32.2. The molecular formula is C14H18N2O3S.